The number of aromatic amines is 1. The molecule has 0 aliphatic carbocycles. The Kier molecular flexibility index (Phi) is 4.51. The van der Waals surface area contributed by atoms with Gasteiger partial charge in [0.2, 0.25) is 0 Å². The molecule has 1 saturated heterocycles. The minimum atomic E-state index is -0.675. The molecule has 0 aromatic carbocycles. The Hall–Kier alpha value is -1.02. The van der Waals surface area contributed by atoms with Crippen LogP contribution in [0.1, 0.15) is 17.4 Å². The lowest BCUT2D eigenvalue weighted by Crippen LogP contribution is -2.32. The second-order valence-electron chi connectivity index (χ2n) is 4.16. The Balaban J connectivity index is 2.38. The van der Waals surface area contributed by atoms with Gasteiger partial charge < -0.3 is 10.2 Å². The van der Waals surface area contributed by atoms with Crippen molar-refractivity contribution in [2.24, 2.45) is 0 Å². The fourth-order valence-corrected chi connectivity index (χ4v) is 3.47. The summed E-state index contributed by atoms with van der Waals surface area (Å²) in [5.41, 5.74) is 0.393. The third-order valence-electron chi connectivity index (χ3n) is 2.93. The molecular formula is C11H13ClN2O4S. The highest BCUT2D eigenvalue weighted by Crippen LogP contribution is 2.40. The predicted molar refractivity (Wildman–Crippen MR) is 74.3 cm³/mol. The van der Waals surface area contributed by atoms with Crippen LogP contribution in [0.3, 0.4) is 0 Å². The number of aliphatic hydroxyl groups is 2. The van der Waals surface area contributed by atoms with Crippen LogP contribution in [0.4, 0.5) is 0 Å². The molecule has 0 unspecified atom stereocenters. The van der Waals surface area contributed by atoms with Gasteiger partial charge in [0.1, 0.15) is 0 Å². The number of hydrogen-bond acceptors (Lipinski definition) is 5. The van der Waals surface area contributed by atoms with Gasteiger partial charge in [0.15, 0.2) is 0 Å². The van der Waals surface area contributed by atoms with Crippen LogP contribution in [0.15, 0.2) is 21.3 Å². The van der Waals surface area contributed by atoms with Crippen LogP contribution in [0, 0.1) is 0 Å². The van der Waals surface area contributed by atoms with Crippen molar-refractivity contribution in [3.8, 4) is 0 Å². The first kappa shape index (κ1) is 14.4. The van der Waals surface area contributed by atoms with Crippen LogP contribution in [0.25, 0.3) is 6.08 Å². The summed E-state index contributed by atoms with van der Waals surface area (Å²) in [6, 6.07) is 0. The molecule has 3 N–H and O–H groups in total. The Morgan fingerprint density at radius 3 is 2.89 bits per heavy atom. The summed E-state index contributed by atoms with van der Waals surface area (Å²) in [7, 11) is 0. The fraction of sp³-hybridized carbons (Fsp3) is 0.455. The van der Waals surface area contributed by atoms with Crippen molar-refractivity contribution in [3.63, 3.8) is 0 Å². The maximum atomic E-state index is 11.8. The molecule has 2 heterocycles. The molecule has 104 valence electrons. The molecule has 8 heteroatoms. The standard InChI is InChI=1S/C11H13ClN2O4S/c12-2-1-6-4-14(11(18)13-10(6)17)9-3-7(16)8(5-15)19-9/h1-2,4,7-9,15-16H,3,5H2,(H,13,17,18)/b2-1+/t7-,8+,9+/m0/s1. The van der Waals surface area contributed by atoms with Gasteiger partial charge in [-0.25, -0.2) is 4.79 Å². The molecule has 2 rings (SSSR count). The SMILES string of the molecule is O=c1[nH]c(=O)n([C@H]2C[C@H](O)[C@@H](CO)S2)cc1/C=C/Cl. The van der Waals surface area contributed by atoms with Crippen LogP contribution in [-0.4, -0.2) is 37.7 Å². The average Bonchev–Trinajstić information content (AvgIpc) is 2.74. The normalized spacial score (nSPS) is 27.2. The summed E-state index contributed by atoms with van der Waals surface area (Å²) in [5, 5.41) is 18.2. The molecule has 0 bridgehead atoms. The van der Waals surface area contributed by atoms with Gasteiger partial charge in [0.05, 0.1) is 28.9 Å². The molecule has 0 saturated carbocycles. The molecule has 1 aromatic rings. The number of H-pyrrole nitrogens is 1. The maximum Gasteiger partial charge on any atom is 0.329 e. The highest BCUT2D eigenvalue weighted by molar-refractivity contribution is 8.00. The van der Waals surface area contributed by atoms with Gasteiger partial charge >= 0.3 is 5.69 Å². The zero-order valence-corrected chi connectivity index (χ0v) is 11.4. The molecule has 0 radical (unpaired) electrons. The first-order valence-electron chi connectivity index (χ1n) is 5.63. The van der Waals surface area contributed by atoms with Gasteiger partial charge in [0.25, 0.3) is 5.56 Å². The van der Waals surface area contributed by atoms with Crippen molar-refractivity contribution >= 4 is 29.4 Å². The van der Waals surface area contributed by atoms with E-state index in [9.17, 15) is 14.7 Å². The molecular weight excluding hydrogens is 292 g/mol. The maximum absolute atomic E-state index is 11.8. The Morgan fingerprint density at radius 1 is 1.58 bits per heavy atom. The second kappa shape index (κ2) is 5.96. The quantitative estimate of drug-likeness (QED) is 0.736. The number of thioether (sulfide) groups is 1. The largest absolute Gasteiger partial charge is 0.395 e. The van der Waals surface area contributed by atoms with Gasteiger partial charge in [-0.05, 0) is 6.08 Å². The van der Waals surface area contributed by atoms with Gasteiger partial charge in [-0.2, -0.15) is 0 Å². The number of aromatic nitrogens is 2. The van der Waals surface area contributed by atoms with Crippen LogP contribution in [0.5, 0.6) is 0 Å². The van der Waals surface area contributed by atoms with E-state index in [1.165, 1.54) is 34.1 Å². The Morgan fingerprint density at radius 2 is 2.32 bits per heavy atom. The predicted octanol–water partition coefficient (Wildman–Crippen LogP) is 0.103. The number of hydrogen-bond donors (Lipinski definition) is 3. The first-order valence-corrected chi connectivity index (χ1v) is 7.01. The minimum Gasteiger partial charge on any atom is -0.395 e. The number of halogens is 1. The van der Waals surface area contributed by atoms with E-state index in [-0.39, 0.29) is 22.8 Å². The molecule has 0 amide bonds. The van der Waals surface area contributed by atoms with E-state index in [2.05, 4.69) is 4.98 Å². The molecule has 6 nitrogen and oxygen atoms in total. The second-order valence-corrected chi connectivity index (χ2v) is 5.83. The van der Waals surface area contributed by atoms with Crippen molar-refractivity contribution in [1.82, 2.24) is 9.55 Å². The molecule has 19 heavy (non-hydrogen) atoms. The Bertz CT molecular complexity index is 597. The van der Waals surface area contributed by atoms with Crippen LogP contribution in [0.2, 0.25) is 0 Å². The number of rotatable bonds is 3. The van der Waals surface area contributed by atoms with Crippen molar-refractivity contribution in [3.05, 3.63) is 38.1 Å². The lowest BCUT2D eigenvalue weighted by molar-refractivity contribution is 0.137. The Labute approximate surface area is 117 Å². The molecule has 1 aliphatic rings. The van der Waals surface area contributed by atoms with Crippen LogP contribution < -0.4 is 11.2 Å². The van der Waals surface area contributed by atoms with Crippen LogP contribution in [-0.2, 0) is 0 Å². The highest BCUT2D eigenvalue weighted by atomic mass is 35.5. The van der Waals surface area contributed by atoms with E-state index in [0.29, 0.717) is 6.42 Å². The topological polar surface area (TPSA) is 95.3 Å². The smallest absolute Gasteiger partial charge is 0.329 e. The van der Waals surface area contributed by atoms with Crippen molar-refractivity contribution in [2.45, 2.75) is 23.1 Å². The summed E-state index contributed by atoms with van der Waals surface area (Å²) in [5.74, 6) is 0. The molecule has 0 spiro atoms. The van der Waals surface area contributed by atoms with E-state index in [1.54, 1.807) is 0 Å². The van der Waals surface area contributed by atoms with Crippen molar-refractivity contribution < 1.29 is 10.2 Å². The summed E-state index contributed by atoms with van der Waals surface area (Å²) >= 11 is 6.73. The molecule has 1 aromatic heterocycles. The lowest BCUT2D eigenvalue weighted by atomic mass is 10.2. The van der Waals surface area contributed by atoms with E-state index in [1.807, 2.05) is 0 Å². The van der Waals surface area contributed by atoms with E-state index in [4.69, 9.17) is 16.7 Å². The molecule has 3 atom stereocenters. The monoisotopic (exact) mass is 304 g/mol. The zero-order valence-electron chi connectivity index (χ0n) is 9.82. The van der Waals surface area contributed by atoms with Crippen molar-refractivity contribution in [2.75, 3.05) is 6.61 Å². The third kappa shape index (κ3) is 2.94. The minimum absolute atomic E-state index is 0.158. The van der Waals surface area contributed by atoms with Crippen molar-refractivity contribution in [1.29, 1.82) is 0 Å². The first-order chi connectivity index (χ1) is 9.06. The summed E-state index contributed by atoms with van der Waals surface area (Å²) < 4.78 is 1.34. The lowest BCUT2D eigenvalue weighted by Gasteiger charge is -2.13. The van der Waals surface area contributed by atoms with Gasteiger partial charge in [-0.1, -0.05) is 11.6 Å². The van der Waals surface area contributed by atoms with Crippen LogP contribution >= 0.6 is 23.4 Å². The molecule has 1 aliphatic heterocycles. The average molecular weight is 305 g/mol. The third-order valence-corrected chi connectivity index (χ3v) is 4.60. The summed E-state index contributed by atoms with van der Waals surface area (Å²) in [6.45, 7) is -0.158. The van der Waals surface area contributed by atoms with E-state index >= 15 is 0 Å². The highest BCUT2D eigenvalue weighted by Gasteiger charge is 2.34. The van der Waals surface area contributed by atoms with E-state index < -0.39 is 17.4 Å². The zero-order chi connectivity index (χ0) is 14.0. The van der Waals surface area contributed by atoms with Gasteiger partial charge in [-0.15, -0.1) is 11.8 Å². The van der Waals surface area contributed by atoms with Gasteiger partial charge in [-0.3, -0.25) is 14.3 Å². The van der Waals surface area contributed by atoms with E-state index in [0.717, 1.165) is 0 Å². The summed E-state index contributed by atoms with van der Waals surface area (Å²) in [6.07, 6.45) is 2.46. The number of nitrogens with one attached hydrogen (secondary N) is 1. The number of nitrogens with zero attached hydrogens (tertiary/aromatic N) is 1. The molecule has 1 fully saturated rings. The van der Waals surface area contributed by atoms with Gasteiger partial charge in [0, 0.05) is 18.2 Å². The number of aliphatic hydroxyl groups excluding tert-OH is 2. The fourth-order valence-electron chi connectivity index (χ4n) is 1.95. The summed E-state index contributed by atoms with van der Waals surface area (Å²) in [4.78, 5) is 25.5.